The Hall–Kier alpha value is -1.93. The SMILES string of the molecule is CCn1c(CN(C)Cc2cccc(Cl)c2)nc2cc(S(=O)(=O)N3CCCCC3)ccc21. The van der Waals surface area contributed by atoms with Crippen molar-refractivity contribution in [1.29, 1.82) is 0 Å². The van der Waals surface area contributed by atoms with Crippen LogP contribution in [-0.4, -0.2) is 47.3 Å². The molecule has 2 heterocycles. The third-order valence-electron chi connectivity index (χ3n) is 5.82. The van der Waals surface area contributed by atoms with Gasteiger partial charge in [-0.2, -0.15) is 4.31 Å². The minimum absolute atomic E-state index is 0.335. The fraction of sp³-hybridized carbons (Fsp3) is 0.435. The Labute approximate surface area is 189 Å². The van der Waals surface area contributed by atoms with Gasteiger partial charge in [0.15, 0.2) is 0 Å². The first-order valence-electron chi connectivity index (χ1n) is 10.8. The topological polar surface area (TPSA) is 58.4 Å². The Kier molecular flexibility index (Phi) is 6.67. The molecule has 1 saturated heterocycles. The quantitative estimate of drug-likeness (QED) is 0.520. The molecule has 0 aliphatic carbocycles. The van der Waals surface area contributed by atoms with Crippen LogP contribution in [0.4, 0.5) is 0 Å². The van der Waals surface area contributed by atoms with E-state index in [4.69, 9.17) is 16.6 Å². The van der Waals surface area contributed by atoms with E-state index in [2.05, 4.69) is 22.5 Å². The van der Waals surface area contributed by atoms with Crippen LogP contribution in [0.5, 0.6) is 0 Å². The van der Waals surface area contributed by atoms with Gasteiger partial charge in [-0.25, -0.2) is 13.4 Å². The first-order valence-corrected chi connectivity index (χ1v) is 12.6. The average Bonchev–Trinajstić information content (AvgIpc) is 3.10. The molecule has 1 aliphatic heterocycles. The van der Waals surface area contributed by atoms with E-state index in [0.29, 0.717) is 24.5 Å². The molecule has 0 unspecified atom stereocenters. The maximum Gasteiger partial charge on any atom is 0.243 e. The Morgan fingerprint density at radius 1 is 1.06 bits per heavy atom. The highest BCUT2D eigenvalue weighted by atomic mass is 35.5. The second kappa shape index (κ2) is 9.28. The molecule has 0 atom stereocenters. The second-order valence-electron chi connectivity index (χ2n) is 8.19. The summed E-state index contributed by atoms with van der Waals surface area (Å²) in [5.41, 5.74) is 2.83. The zero-order chi connectivity index (χ0) is 22.0. The van der Waals surface area contributed by atoms with Gasteiger partial charge in [0.1, 0.15) is 5.82 Å². The van der Waals surface area contributed by atoms with Crippen LogP contribution >= 0.6 is 11.6 Å². The van der Waals surface area contributed by atoms with Gasteiger partial charge < -0.3 is 4.57 Å². The number of aromatic nitrogens is 2. The predicted molar refractivity (Wildman–Crippen MR) is 125 cm³/mol. The number of aryl methyl sites for hydroxylation is 1. The molecule has 4 rings (SSSR count). The fourth-order valence-corrected chi connectivity index (χ4v) is 6.04. The normalized spacial score (nSPS) is 15.7. The molecule has 0 N–H and O–H groups in total. The number of hydrogen-bond acceptors (Lipinski definition) is 4. The molecule has 2 aromatic carbocycles. The summed E-state index contributed by atoms with van der Waals surface area (Å²) in [6.07, 6.45) is 2.95. The summed E-state index contributed by atoms with van der Waals surface area (Å²) in [5.74, 6) is 0.926. The number of hydrogen-bond donors (Lipinski definition) is 0. The third kappa shape index (κ3) is 4.80. The van der Waals surface area contributed by atoms with Gasteiger partial charge in [-0.3, -0.25) is 4.90 Å². The maximum absolute atomic E-state index is 13.1. The largest absolute Gasteiger partial charge is 0.327 e. The van der Waals surface area contributed by atoms with E-state index in [1.54, 1.807) is 16.4 Å². The first-order chi connectivity index (χ1) is 14.9. The van der Waals surface area contributed by atoms with Crippen molar-refractivity contribution in [3.05, 3.63) is 58.9 Å². The molecule has 31 heavy (non-hydrogen) atoms. The molecule has 0 spiro atoms. The van der Waals surface area contributed by atoms with E-state index >= 15 is 0 Å². The van der Waals surface area contributed by atoms with Gasteiger partial charge in [-0.1, -0.05) is 30.2 Å². The Morgan fingerprint density at radius 3 is 2.55 bits per heavy atom. The van der Waals surface area contributed by atoms with Crippen LogP contribution in [0, 0.1) is 0 Å². The zero-order valence-electron chi connectivity index (χ0n) is 18.1. The van der Waals surface area contributed by atoms with Crippen molar-refractivity contribution in [2.24, 2.45) is 0 Å². The van der Waals surface area contributed by atoms with Gasteiger partial charge in [0.25, 0.3) is 0 Å². The van der Waals surface area contributed by atoms with Gasteiger partial charge in [0.05, 0.1) is 22.5 Å². The molecule has 8 heteroatoms. The number of halogens is 1. The van der Waals surface area contributed by atoms with E-state index in [0.717, 1.165) is 59.8 Å². The highest BCUT2D eigenvalue weighted by Gasteiger charge is 2.26. The summed E-state index contributed by atoms with van der Waals surface area (Å²) in [6.45, 7) is 5.47. The minimum atomic E-state index is -3.47. The van der Waals surface area contributed by atoms with E-state index in [1.165, 1.54) is 0 Å². The monoisotopic (exact) mass is 460 g/mol. The molecule has 3 aromatic rings. The van der Waals surface area contributed by atoms with Crippen molar-refractivity contribution in [3.8, 4) is 0 Å². The number of sulfonamides is 1. The zero-order valence-corrected chi connectivity index (χ0v) is 19.7. The Morgan fingerprint density at radius 2 is 1.84 bits per heavy atom. The highest BCUT2D eigenvalue weighted by Crippen LogP contribution is 2.25. The van der Waals surface area contributed by atoms with Crippen LogP contribution in [0.2, 0.25) is 5.02 Å². The fourth-order valence-electron chi connectivity index (χ4n) is 4.29. The van der Waals surface area contributed by atoms with Crippen LogP contribution in [0.1, 0.15) is 37.6 Å². The van der Waals surface area contributed by atoms with Gasteiger partial charge in [-0.15, -0.1) is 0 Å². The molecule has 1 aromatic heterocycles. The number of benzene rings is 2. The molecule has 6 nitrogen and oxygen atoms in total. The van der Waals surface area contributed by atoms with Crippen molar-refractivity contribution in [3.63, 3.8) is 0 Å². The van der Waals surface area contributed by atoms with E-state index in [-0.39, 0.29) is 0 Å². The first kappa shape index (κ1) is 22.3. The lowest BCUT2D eigenvalue weighted by Gasteiger charge is -2.25. The van der Waals surface area contributed by atoms with Crippen molar-refractivity contribution < 1.29 is 8.42 Å². The van der Waals surface area contributed by atoms with E-state index in [1.807, 2.05) is 31.3 Å². The number of fused-ring (bicyclic) bond motifs is 1. The molecule has 0 bridgehead atoms. The summed E-state index contributed by atoms with van der Waals surface area (Å²) >= 11 is 6.11. The van der Waals surface area contributed by atoms with Gasteiger partial charge in [0.2, 0.25) is 10.0 Å². The van der Waals surface area contributed by atoms with Gasteiger partial charge >= 0.3 is 0 Å². The van der Waals surface area contributed by atoms with Crippen LogP contribution < -0.4 is 0 Å². The number of nitrogens with zero attached hydrogens (tertiary/aromatic N) is 4. The third-order valence-corrected chi connectivity index (χ3v) is 7.95. The van der Waals surface area contributed by atoms with Crippen LogP contribution in [0.25, 0.3) is 11.0 Å². The van der Waals surface area contributed by atoms with E-state index in [9.17, 15) is 8.42 Å². The molecule has 0 radical (unpaired) electrons. The van der Waals surface area contributed by atoms with Crippen LogP contribution in [0.3, 0.4) is 0 Å². The molecule has 1 fully saturated rings. The summed E-state index contributed by atoms with van der Waals surface area (Å²) in [5, 5.41) is 0.731. The molecule has 166 valence electrons. The minimum Gasteiger partial charge on any atom is -0.327 e. The number of piperidine rings is 1. The summed E-state index contributed by atoms with van der Waals surface area (Å²) in [7, 11) is -1.42. The van der Waals surface area contributed by atoms with Crippen LogP contribution in [0.15, 0.2) is 47.4 Å². The lowest BCUT2D eigenvalue weighted by Crippen LogP contribution is -2.35. The van der Waals surface area contributed by atoms with Crippen molar-refractivity contribution in [1.82, 2.24) is 18.8 Å². The van der Waals surface area contributed by atoms with Gasteiger partial charge in [0, 0.05) is 31.2 Å². The lowest BCUT2D eigenvalue weighted by atomic mass is 10.2. The molecule has 1 aliphatic rings. The lowest BCUT2D eigenvalue weighted by molar-refractivity contribution is 0.306. The molecule has 0 saturated carbocycles. The molecular formula is C23H29ClN4O2S. The summed E-state index contributed by atoms with van der Waals surface area (Å²) < 4.78 is 29.9. The Balaban J connectivity index is 1.59. The number of rotatable bonds is 7. The Bertz CT molecular complexity index is 1170. The average molecular weight is 461 g/mol. The van der Waals surface area contributed by atoms with Crippen molar-refractivity contribution in [2.75, 3.05) is 20.1 Å². The molecular weight excluding hydrogens is 432 g/mol. The summed E-state index contributed by atoms with van der Waals surface area (Å²) in [6, 6.07) is 13.2. The highest BCUT2D eigenvalue weighted by molar-refractivity contribution is 7.89. The maximum atomic E-state index is 13.1. The van der Waals surface area contributed by atoms with Crippen molar-refractivity contribution in [2.45, 2.75) is 50.7 Å². The molecule has 0 amide bonds. The van der Waals surface area contributed by atoms with Crippen molar-refractivity contribution >= 4 is 32.7 Å². The second-order valence-corrected chi connectivity index (χ2v) is 10.6. The summed E-state index contributed by atoms with van der Waals surface area (Å²) in [4.78, 5) is 7.33. The number of imidazole rings is 1. The smallest absolute Gasteiger partial charge is 0.243 e. The van der Waals surface area contributed by atoms with Crippen LogP contribution in [-0.2, 0) is 29.7 Å². The standard InChI is InChI=1S/C23H29ClN4O2S/c1-3-28-22-11-10-20(31(29,30)27-12-5-4-6-13-27)15-21(22)25-23(28)17-26(2)16-18-8-7-9-19(24)14-18/h7-11,14-15H,3-6,12-13,16-17H2,1-2H3. The van der Waals surface area contributed by atoms with E-state index < -0.39 is 10.0 Å². The van der Waals surface area contributed by atoms with Gasteiger partial charge in [-0.05, 0) is 62.7 Å². The predicted octanol–water partition coefficient (Wildman–Crippen LogP) is 4.52.